The Kier molecular flexibility index (Phi) is 11.7. The summed E-state index contributed by atoms with van der Waals surface area (Å²) in [6.07, 6.45) is 1.55. The van der Waals surface area contributed by atoms with Gasteiger partial charge in [-0.2, -0.15) is 0 Å². The Hall–Kier alpha value is -2.98. The first-order valence-electron chi connectivity index (χ1n) is 12.7. The number of nitrogens with zero attached hydrogens (tertiary/aromatic N) is 2. The summed E-state index contributed by atoms with van der Waals surface area (Å²) in [5.41, 5.74) is 1.93. The predicted molar refractivity (Wildman–Crippen MR) is 164 cm³/mol. The van der Waals surface area contributed by atoms with Gasteiger partial charge in [0.15, 0.2) is 0 Å². The van der Waals surface area contributed by atoms with Gasteiger partial charge < -0.3 is 15.0 Å². The first-order chi connectivity index (χ1) is 19.4. The van der Waals surface area contributed by atoms with E-state index in [1.807, 2.05) is 30.3 Å². The molecule has 220 valence electrons. The minimum absolute atomic E-state index is 0.0144. The first kappa shape index (κ1) is 32.5. The van der Waals surface area contributed by atoms with Crippen LogP contribution in [0.2, 0.25) is 15.1 Å². The molecule has 1 N–H and O–H groups in total. The topological polar surface area (TPSA) is 96.0 Å². The lowest BCUT2D eigenvalue weighted by Crippen LogP contribution is -2.49. The lowest BCUT2D eigenvalue weighted by molar-refractivity contribution is -0.141. The van der Waals surface area contributed by atoms with E-state index in [1.54, 1.807) is 30.3 Å². The number of methoxy groups -OCH3 is 1. The lowest BCUT2D eigenvalue weighted by Gasteiger charge is -2.31. The minimum Gasteiger partial charge on any atom is -0.495 e. The highest BCUT2D eigenvalue weighted by Crippen LogP contribution is 2.30. The Balaban J connectivity index is 1.87. The maximum atomic E-state index is 13.7. The van der Waals surface area contributed by atoms with Crippen molar-refractivity contribution in [2.75, 3.05) is 31.3 Å². The molecule has 1 atom stereocenters. The highest BCUT2D eigenvalue weighted by molar-refractivity contribution is 7.92. The van der Waals surface area contributed by atoms with E-state index in [0.717, 1.165) is 11.8 Å². The summed E-state index contributed by atoms with van der Waals surface area (Å²) in [5.74, 6) is -0.231. The second kappa shape index (κ2) is 14.8. The van der Waals surface area contributed by atoms with E-state index in [2.05, 4.69) is 5.32 Å². The molecule has 41 heavy (non-hydrogen) atoms. The summed E-state index contributed by atoms with van der Waals surface area (Å²) in [6, 6.07) is 18.3. The van der Waals surface area contributed by atoms with Gasteiger partial charge in [0.2, 0.25) is 21.8 Å². The summed E-state index contributed by atoms with van der Waals surface area (Å²) in [7, 11) is -0.700. The average Bonchev–Trinajstić information content (AvgIpc) is 2.94. The lowest BCUT2D eigenvalue weighted by atomic mass is 10.0. The number of halogens is 3. The monoisotopic (exact) mass is 639 g/mol. The predicted octanol–water partition coefficient (Wildman–Crippen LogP) is 5.59. The number of ether oxygens (including phenoxy) is 1. The molecule has 0 aromatic heterocycles. The van der Waals surface area contributed by atoms with Gasteiger partial charge in [-0.3, -0.25) is 13.9 Å². The molecule has 0 saturated heterocycles. The molecule has 0 aliphatic heterocycles. The number of benzene rings is 3. The molecule has 0 radical (unpaired) electrons. The van der Waals surface area contributed by atoms with Crippen LogP contribution in [0.3, 0.4) is 0 Å². The number of nitrogens with one attached hydrogen (secondary N) is 1. The van der Waals surface area contributed by atoms with Crippen LogP contribution < -0.4 is 14.4 Å². The van der Waals surface area contributed by atoms with Crippen molar-refractivity contribution in [3.05, 3.63) is 92.9 Å². The molecule has 0 heterocycles. The van der Waals surface area contributed by atoms with Crippen LogP contribution in [0.4, 0.5) is 5.69 Å². The third kappa shape index (κ3) is 9.00. The molecular weight excluding hydrogens is 609 g/mol. The number of amides is 2. The van der Waals surface area contributed by atoms with E-state index in [4.69, 9.17) is 39.5 Å². The highest BCUT2D eigenvalue weighted by atomic mass is 35.5. The average molecular weight is 641 g/mol. The first-order valence-corrected chi connectivity index (χ1v) is 15.7. The Bertz CT molecular complexity index is 1470. The van der Waals surface area contributed by atoms with E-state index >= 15 is 0 Å². The van der Waals surface area contributed by atoms with E-state index in [9.17, 15) is 18.0 Å². The number of carbonyl (C=O) groups excluding carboxylic acids is 2. The van der Waals surface area contributed by atoms with Crippen molar-refractivity contribution in [2.45, 2.75) is 31.8 Å². The van der Waals surface area contributed by atoms with Crippen molar-refractivity contribution in [3.63, 3.8) is 0 Å². The van der Waals surface area contributed by atoms with Gasteiger partial charge in [0.1, 0.15) is 11.8 Å². The van der Waals surface area contributed by atoms with Crippen LogP contribution in [0.15, 0.2) is 66.7 Å². The molecule has 3 aromatic rings. The summed E-state index contributed by atoms with van der Waals surface area (Å²) >= 11 is 18.5. The Morgan fingerprint density at radius 3 is 2.22 bits per heavy atom. The number of rotatable bonds is 13. The fraction of sp³-hybridized carbons (Fsp3) is 0.310. The van der Waals surface area contributed by atoms with Gasteiger partial charge in [-0.05, 0) is 47.9 Å². The van der Waals surface area contributed by atoms with Gasteiger partial charge in [-0.15, -0.1) is 0 Å². The van der Waals surface area contributed by atoms with E-state index in [0.29, 0.717) is 27.0 Å². The second-order valence-corrected chi connectivity index (χ2v) is 12.5. The number of likely N-dealkylation sites (N-methyl/N-ethyl adjacent to an activating group) is 1. The SMILES string of the molecule is CNC(=O)[C@H](Cc1ccccc1)N(Cc1ccc(Cl)c(Cl)c1)C(=O)CCCN(c1ccc(OC)c(Cl)c1)S(C)(=O)=O. The number of hydrogen-bond donors (Lipinski definition) is 1. The molecule has 0 fully saturated rings. The maximum Gasteiger partial charge on any atom is 0.242 e. The molecule has 3 rings (SSSR count). The Labute approximate surface area is 256 Å². The van der Waals surface area contributed by atoms with Crippen molar-refractivity contribution in [2.24, 2.45) is 0 Å². The number of carbonyl (C=O) groups is 2. The van der Waals surface area contributed by atoms with Crippen LogP contribution in [-0.4, -0.2) is 58.1 Å². The number of sulfonamides is 1. The zero-order valence-electron chi connectivity index (χ0n) is 22.9. The fourth-order valence-corrected chi connectivity index (χ4v) is 5.90. The number of anilines is 1. The van der Waals surface area contributed by atoms with Gasteiger partial charge in [-0.25, -0.2) is 8.42 Å². The van der Waals surface area contributed by atoms with Crippen LogP contribution in [0, 0.1) is 0 Å². The van der Waals surface area contributed by atoms with Crippen molar-refractivity contribution in [1.82, 2.24) is 10.2 Å². The third-order valence-corrected chi connectivity index (χ3v) is 8.66. The van der Waals surface area contributed by atoms with Crippen LogP contribution in [0.1, 0.15) is 24.0 Å². The largest absolute Gasteiger partial charge is 0.495 e. The van der Waals surface area contributed by atoms with Gasteiger partial charge in [0.05, 0.1) is 34.1 Å². The van der Waals surface area contributed by atoms with Gasteiger partial charge in [-0.1, -0.05) is 71.2 Å². The quantitative estimate of drug-likeness (QED) is 0.263. The van der Waals surface area contributed by atoms with Crippen molar-refractivity contribution >= 4 is 62.3 Å². The molecule has 0 saturated carbocycles. The summed E-state index contributed by atoms with van der Waals surface area (Å²) in [4.78, 5) is 28.3. The summed E-state index contributed by atoms with van der Waals surface area (Å²) in [5, 5.41) is 3.63. The minimum atomic E-state index is -3.69. The van der Waals surface area contributed by atoms with Crippen molar-refractivity contribution in [3.8, 4) is 5.75 Å². The zero-order chi connectivity index (χ0) is 30.2. The van der Waals surface area contributed by atoms with Crippen LogP contribution in [0.25, 0.3) is 0 Å². The standard InChI is InChI=1S/C29H32Cl3N3O5S/c1-33-29(37)26(17-20-8-5-4-6-9-20)34(19-21-11-13-23(30)24(31)16-21)28(36)10-7-15-35(41(3,38)39)22-12-14-27(40-2)25(32)18-22/h4-6,8-9,11-14,16,18,26H,7,10,15,17,19H2,1-3H3,(H,33,37)/t26-/m0/s1. The normalized spacial score (nSPS) is 12.0. The Morgan fingerprint density at radius 2 is 1.63 bits per heavy atom. The smallest absolute Gasteiger partial charge is 0.242 e. The zero-order valence-corrected chi connectivity index (χ0v) is 26.0. The molecular formula is C29H32Cl3N3O5S. The van der Waals surface area contributed by atoms with Crippen LogP contribution >= 0.6 is 34.8 Å². The second-order valence-electron chi connectivity index (χ2n) is 9.35. The van der Waals surface area contributed by atoms with Crippen LogP contribution in [0.5, 0.6) is 5.75 Å². The molecule has 0 bridgehead atoms. The Morgan fingerprint density at radius 1 is 0.927 bits per heavy atom. The molecule has 3 aromatic carbocycles. The van der Waals surface area contributed by atoms with E-state index in [-0.39, 0.29) is 49.2 Å². The van der Waals surface area contributed by atoms with E-state index < -0.39 is 16.1 Å². The third-order valence-electron chi connectivity index (χ3n) is 6.43. The van der Waals surface area contributed by atoms with Crippen molar-refractivity contribution in [1.29, 1.82) is 0 Å². The molecule has 0 unspecified atom stereocenters. The molecule has 0 aliphatic rings. The summed E-state index contributed by atoms with van der Waals surface area (Å²) < 4.78 is 31.6. The molecule has 0 aliphatic carbocycles. The van der Waals surface area contributed by atoms with Crippen molar-refractivity contribution < 1.29 is 22.7 Å². The van der Waals surface area contributed by atoms with Gasteiger partial charge in [0, 0.05) is 33.0 Å². The van der Waals surface area contributed by atoms with Crippen LogP contribution in [-0.2, 0) is 32.6 Å². The maximum absolute atomic E-state index is 13.7. The summed E-state index contributed by atoms with van der Waals surface area (Å²) in [6.45, 7) is 0.127. The molecule has 8 nitrogen and oxygen atoms in total. The molecule has 2 amide bonds. The van der Waals surface area contributed by atoms with Gasteiger partial charge >= 0.3 is 0 Å². The molecule has 12 heteroatoms. The highest BCUT2D eigenvalue weighted by Gasteiger charge is 2.30. The number of hydrogen-bond acceptors (Lipinski definition) is 5. The van der Waals surface area contributed by atoms with Gasteiger partial charge in [0.25, 0.3) is 0 Å². The fourth-order valence-electron chi connectivity index (χ4n) is 4.37. The molecule has 0 spiro atoms. The van der Waals surface area contributed by atoms with E-state index in [1.165, 1.54) is 29.4 Å².